The fourth-order valence-electron chi connectivity index (χ4n) is 1.09. The minimum absolute atomic E-state index is 0.699. The molecule has 2 heterocycles. The third kappa shape index (κ3) is 0.885. The Labute approximate surface area is 59.0 Å². The number of rotatable bonds is 0. The van der Waals surface area contributed by atoms with Crippen LogP contribution in [-0.4, -0.2) is 16.8 Å². The molecular formula is C7H8N2O. The average molecular weight is 136 g/mol. The Morgan fingerprint density at radius 2 is 2.00 bits per heavy atom. The molecule has 0 atom stereocenters. The monoisotopic (exact) mass is 136 g/mol. The summed E-state index contributed by atoms with van der Waals surface area (Å²) in [6.45, 7) is 1.52. The molecule has 0 aromatic carbocycles. The Morgan fingerprint density at radius 1 is 1.20 bits per heavy atom. The maximum absolute atomic E-state index is 5.23. The number of aromatic nitrogens is 2. The van der Waals surface area contributed by atoms with Gasteiger partial charge in [0, 0.05) is 5.56 Å². The average Bonchev–Trinajstić information content (AvgIpc) is 2.05. The van der Waals surface area contributed by atoms with Gasteiger partial charge in [0.25, 0.3) is 0 Å². The molecule has 0 N–H and O–H groups in total. The molecule has 1 aromatic rings. The Morgan fingerprint density at radius 3 is 2.80 bits per heavy atom. The second kappa shape index (κ2) is 2.34. The van der Waals surface area contributed by atoms with Crippen molar-refractivity contribution in [2.24, 2.45) is 0 Å². The van der Waals surface area contributed by atoms with Crippen molar-refractivity contribution in [3.8, 4) is 0 Å². The van der Waals surface area contributed by atoms with Crippen molar-refractivity contribution in [3.05, 3.63) is 23.5 Å². The molecule has 0 aliphatic carbocycles. The van der Waals surface area contributed by atoms with E-state index in [1.807, 2.05) is 6.20 Å². The highest BCUT2D eigenvalue weighted by atomic mass is 16.5. The minimum Gasteiger partial charge on any atom is -0.376 e. The van der Waals surface area contributed by atoms with Gasteiger partial charge in [-0.05, 0) is 12.0 Å². The van der Waals surface area contributed by atoms with Gasteiger partial charge in [0.05, 0.1) is 25.6 Å². The van der Waals surface area contributed by atoms with Crippen LogP contribution < -0.4 is 0 Å². The van der Waals surface area contributed by atoms with Gasteiger partial charge >= 0.3 is 0 Å². The van der Waals surface area contributed by atoms with Crippen LogP contribution in [0.1, 0.15) is 11.1 Å². The van der Waals surface area contributed by atoms with Crippen molar-refractivity contribution >= 4 is 0 Å². The second-order valence-corrected chi connectivity index (χ2v) is 2.34. The van der Waals surface area contributed by atoms with Gasteiger partial charge in [-0.1, -0.05) is 0 Å². The molecule has 2 rings (SSSR count). The Bertz CT molecular complexity index is 212. The number of nitrogens with zero attached hydrogens (tertiary/aromatic N) is 2. The maximum atomic E-state index is 5.23. The largest absolute Gasteiger partial charge is 0.376 e. The van der Waals surface area contributed by atoms with Gasteiger partial charge in [0.1, 0.15) is 0 Å². The van der Waals surface area contributed by atoms with E-state index < -0.39 is 0 Å². The Balaban J connectivity index is 2.41. The van der Waals surface area contributed by atoms with E-state index in [-0.39, 0.29) is 0 Å². The lowest BCUT2D eigenvalue weighted by molar-refractivity contribution is 0.110. The topological polar surface area (TPSA) is 35.0 Å². The van der Waals surface area contributed by atoms with Crippen LogP contribution in [0.4, 0.5) is 0 Å². The first kappa shape index (κ1) is 5.80. The van der Waals surface area contributed by atoms with E-state index in [0.29, 0.717) is 6.61 Å². The van der Waals surface area contributed by atoms with E-state index in [0.717, 1.165) is 13.0 Å². The summed E-state index contributed by atoms with van der Waals surface area (Å²) in [6.07, 6.45) is 4.57. The van der Waals surface area contributed by atoms with Crippen LogP contribution in [0.2, 0.25) is 0 Å². The van der Waals surface area contributed by atoms with E-state index in [2.05, 4.69) is 10.2 Å². The fourth-order valence-corrected chi connectivity index (χ4v) is 1.09. The van der Waals surface area contributed by atoms with Crippen LogP contribution in [0.5, 0.6) is 0 Å². The fraction of sp³-hybridized carbons (Fsp3) is 0.429. The maximum Gasteiger partial charge on any atom is 0.0735 e. The van der Waals surface area contributed by atoms with Gasteiger partial charge in [0.15, 0.2) is 0 Å². The summed E-state index contributed by atoms with van der Waals surface area (Å²) in [6, 6.07) is 0. The highest BCUT2D eigenvalue weighted by Crippen LogP contribution is 2.12. The van der Waals surface area contributed by atoms with Crippen LogP contribution in [0.15, 0.2) is 12.4 Å². The van der Waals surface area contributed by atoms with E-state index in [4.69, 9.17) is 4.74 Å². The lowest BCUT2D eigenvalue weighted by Crippen LogP contribution is -2.10. The molecule has 0 saturated carbocycles. The molecule has 1 aromatic heterocycles. The van der Waals surface area contributed by atoms with Gasteiger partial charge in [-0.2, -0.15) is 10.2 Å². The number of hydrogen-bond donors (Lipinski definition) is 0. The molecule has 0 amide bonds. The SMILES string of the molecule is c1nncc2c1CCOC2. The molecule has 0 unspecified atom stereocenters. The summed E-state index contributed by atoms with van der Waals surface area (Å²) in [5.41, 5.74) is 2.46. The van der Waals surface area contributed by atoms with Gasteiger partial charge in [-0.25, -0.2) is 0 Å². The van der Waals surface area contributed by atoms with E-state index in [1.165, 1.54) is 11.1 Å². The molecular weight excluding hydrogens is 128 g/mol. The van der Waals surface area contributed by atoms with Gasteiger partial charge < -0.3 is 4.74 Å². The lowest BCUT2D eigenvalue weighted by Gasteiger charge is -2.13. The molecule has 0 bridgehead atoms. The zero-order chi connectivity index (χ0) is 6.81. The zero-order valence-electron chi connectivity index (χ0n) is 5.58. The summed E-state index contributed by atoms with van der Waals surface area (Å²) < 4.78 is 5.23. The van der Waals surface area contributed by atoms with Crippen molar-refractivity contribution in [1.29, 1.82) is 0 Å². The van der Waals surface area contributed by atoms with Crippen molar-refractivity contribution in [2.75, 3.05) is 6.61 Å². The summed E-state index contributed by atoms with van der Waals surface area (Å²) in [5, 5.41) is 7.56. The van der Waals surface area contributed by atoms with Crippen LogP contribution in [0.3, 0.4) is 0 Å². The Kier molecular flexibility index (Phi) is 1.36. The predicted octanol–water partition coefficient (Wildman–Crippen LogP) is 0.549. The van der Waals surface area contributed by atoms with Gasteiger partial charge in [-0.15, -0.1) is 0 Å². The smallest absolute Gasteiger partial charge is 0.0735 e. The molecule has 0 spiro atoms. The first-order chi connectivity index (χ1) is 4.97. The van der Waals surface area contributed by atoms with E-state index in [1.54, 1.807) is 6.20 Å². The van der Waals surface area contributed by atoms with E-state index in [9.17, 15) is 0 Å². The molecule has 3 nitrogen and oxygen atoms in total. The van der Waals surface area contributed by atoms with Gasteiger partial charge in [-0.3, -0.25) is 0 Å². The van der Waals surface area contributed by atoms with Crippen molar-refractivity contribution < 1.29 is 4.74 Å². The lowest BCUT2D eigenvalue weighted by atomic mass is 10.1. The highest BCUT2D eigenvalue weighted by molar-refractivity contribution is 5.21. The van der Waals surface area contributed by atoms with Crippen LogP contribution in [0, 0.1) is 0 Å². The van der Waals surface area contributed by atoms with Crippen molar-refractivity contribution in [1.82, 2.24) is 10.2 Å². The predicted molar refractivity (Wildman–Crippen MR) is 35.4 cm³/mol. The third-order valence-electron chi connectivity index (χ3n) is 1.68. The van der Waals surface area contributed by atoms with Crippen LogP contribution in [-0.2, 0) is 17.8 Å². The molecule has 0 saturated heterocycles. The summed E-state index contributed by atoms with van der Waals surface area (Å²) >= 11 is 0. The number of hydrogen-bond acceptors (Lipinski definition) is 3. The molecule has 1 aliphatic rings. The number of fused-ring (bicyclic) bond motifs is 1. The van der Waals surface area contributed by atoms with Crippen LogP contribution >= 0.6 is 0 Å². The van der Waals surface area contributed by atoms with Crippen molar-refractivity contribution in [3.63, 3.8) is 0 Å². The highest BCUT2D eigenvalue weighted by Gasteiger charge is 2.07. The summed E-state index contributed by atoms with van der Waals surface area (Å²) in [5.74, 6) is 0. The Hall–Kier alpha value is -0.960. The third-order valence-corrected chi connectivity index (χ3v) is 1.68. The second-order valence-electron chi connectivity index (χ2n) is 2.34. The molecule has 10 heavy (non-hydrogen) atoms. The molecule has 3 heteroatoms. The normalized spacial score (nSPS) is 16.4. The van der Waals surface area contributed by atoms with E-state index >= 15 is 0 Å². The number of ether oxygens (including phenoxy) is 1. The molecule has 0 fully saturated rings. The minimum atomic E-state index is 0.699. The molecule has 52 valence electrons. The van der Waals surface area contributed by atoms with Crippen molar-refractivity contribution in [2.45, 2.75) is 13.0 Å². The zero-order valence-corrected chi connectivity index (χ0v) is 5.58. The summed E-state index contributed by atoms with van der Waals surface area (Å²) in [4.78, 5) is 0. The van der Waals surface area contributed by atoms with Crippen LogP contribution in [0.25, 0.3) is 0 Å². The quantitative estimate of drug-likeness (QED) is 0.522. The first-order valence-corrected chi connectivity index (χ1v) is 3.33. The summed E-state index contributed by atoms with van der Waals surface area (Å²) in [7, 11) is 0. The standard InChI is InChI=1S/C7H8N2O/c1-2-10-5-7-4-9-8-3-6(1)7/h3-4H,1-2,5H2. The van der Waals surface area contributed by atoms with Gasteiger partial charge in [0.2, 0.25) is 0 Å². The molecule has 1 aliphatic heterocycles. The first-order valence-electron chi connectivity index (χ1n) is 3.33. The molecule has 0 radical (unpaired) electrons.